The van der Waals surface area contributed by atoms with Crippen LogP contribution < -0.4 is 4.74 Å². The number of ether oxygens (including phenoxy) is 2. The van der Waals surface area contributed by atoms with Gasteiger partial charge in [-0.15, -0.1) is 10.2 Å². The van der Waals surface area contributed by atoms with E-state index in [1.165, 1.54) is 4.90 Å². The van der Waals surface area contributed by atoms with Crippen molar-refractivity contribution >= 4 is 28.6 Å². The van der Waals surface area contributed by atoms with E-state index in [2.05, 4.69) is 10.2 Å². The summed E-state index contributed by atoms with van der Waals surface area (Å²) in [6, 6.07) is 14.1. The number of benzene rings is 1. The van der Waals surface area contributed by atoms with E-state index < -0.39 is 29.8 Å². The van der Waals surface area contributed by atoms with Crippen molar-refractivity contribution < 1.29 is 24.2 Å². The molecule has 3 aromatic heterocycles. The molecule has 1 amide bonds. The van der Waals surface area contributed by atoms with E-state index in [9.17, 15) is 14.7 Å². The second-order valence-corrected chi connectivity index (χ2v) is 9.77. The molecule has 4 heterocycles. The van der Waals surface area contributed by atoms with Gasteiger partial charge in [0.1, 0.15) is 34.7 Å². The number of aliphatic carboxylic acids is 1. The Kier molecular flexibility index (Phi) is 5.95. The monoisotopic (exact) mass is 489 g/mol. The van der Waals surface area contributed by atoms with E-state index in [-0.39, 0.29) is 13.0 Å². The minimum absolute atomic E-state index is 0.138. The SMILES string of the molecule is CC(C)(C)OC(=O)N1CCC(Oc2cccc3ccc(-c4nnc5ccccn45)nc23)C[C@H]1C(=O)O. The lowest BCUT2D eigenvalue weighted by atomic mass is 9.99. The zero-order chi connectivity index (χ0) is 25.4. The van der Waals surface area contributed by atoms with Gasteiger partial charge in [0.05, 0.1) is 0 Å². The zero-order valence-electron chi connectivity index (χ0n) is 20.3. The Morgan fingerprint density at radius 3 is 2.67 bits per heavy atom. The molecule has 36 heavy (non-hydrogen) atoms. The Balaban J connectivity index is 1.41. The molecule has 1 aliphatic heterocycles. The van der Waals surface area contributed by atoms with E-state index in [4.69, 9.17) is 14.5 Å². The van der Waals surface area contributed by atoms with Crippen LogP contribution in [0.4, 0.5) is 4.79 Å². The fourth-order valence-corrected chi connectivity index (χ4v) is 4.35. The van der Waals surface area contributed by atoms with E-state index in [1.54, 1.807) is 20.8 Å². The van der Waals surface area contributed by atoms with Gasteiger partial charge < -0.3 is 14.6 Å². The first-order valence-electron chi connectivity index (χ1n) is 11.8. The molecular weight excluding hydrogens is 462 g/mol. The molecule has 0 radical (unpaired) electrons. The molecule has 1 N–H and O–H groups in total. The minimum Gasteiger partial charge on any atom is -0.488 e. The van der Waals surface area contributed by atoms with Gasteiger partial charge in [0.15, 0.2) is 11.5 Å². The van der Waals surface area contributed by atoms with Crippen LogP contribution in [0.25, 0.3) is 28.1 Å². The predicted molar refractivity (Wildman–Crippen MR) is 132 cm³/mol. The van der Waals surface area contributed by atoms with Crippen LogP contribution in [0.5, 0.6) is 5.75 Å². The number of pyridine rings is 2. The fourth-order valence-electron chi connectivity index (χ4n) is 4.35. The number of carbonyl (C=O) groups is 2. The normalized spacial score (nSPS) is 18.4. The van der Waals surface area contributed by atoms with Crippen LogP contribution in [0.15, 0.2) is 54.7 Å². The van der Waals surface area contributed by atoms with Crippen LogP contribution in [0.2, 0.25) is 0 Å². The summed E-state index contributed by atoms with van der Waals surface area (Å²) in [5.41, 5.74) is 1.29. The first-order valence-corrected chi connectivity index (χ1v) is 11.8. The van der Waals surface area contributed by atoms with Crippen molar-refractivity contribution in [1.29, 1.82) is 0 Å². The van der Waals surface area contributed by atoms with Crippen LogP contribution in [0.3, 0.4) is 0 Å². The van der Waals surface area contributed by atoms with Gasteiger partial charge in [0.2, 0.25) is 0 Å². The molecule has 1 unspecified atom stereocenters. The lowest BCUT2D eigenvalue weighted by Crippen LogP contribution is -2.53. The molecule has 1 saturated heterocycles. The lowest BCUT2D eigenvalue weighted by Gasteiger charge is -2.37. The number of nitrogens with zero attached hydrogens (tertiary/aromatic N) is 5. The largest absolute Gasteiger partial charge is 0.488 e. The molecule has 0 aliphatic carbocycles. The van der Waals surface area contributed by atoms with Gasteiger partial charge in [-0.1, -0.05) is 24.3 Å². The number of fused-ring (bicyclic) bond motifs is 2. The molecule has 1 aromatic carbocycles. The van der Waals surface area contributed by atoms with Gasteiger partial charge in [-0.2, -0.15) is 0 Å². The number of hydrogen-bond donors (Lipinski definition) is 1. The number of aromatic nitrogens is 4. The zero-order valence-corrected chi connectivity index (χ0v) is 20.3. The predicted octanol–water partition coefficient (Wildman–Crippen LogP) is 4.18. The number of carboxylic acids is 1. The molecule has 1 aliphatic rings. The summed E-state index contributed by atoms with van der Waals surface area (Å²) in [7, 11) is 0. The molecule has 1 fully saturated rings. The van der Waals surface area contributed by atoms with Crippen molar-refractivity contribution in [1.82, 2.24) is 24.5 Å². The second kappa shape index (κ2) is 9.10. The van der Waals surface area contributed by atoms with Gasteiger partial charge in [-0.05, 0) is 45.0 Å². The van der Waals surface area contributed by atoms with Gasteiger partial charge in [0.25, 0.3) is 0 Å². The van der Waals surface area contributed by atoms with Crippen molar-refractivity contribution in [2.24, 2.45) is 0 Å². The van der Waals surface area contributed by atoms with Crippen LogP contribution in [0.1, 0.15) is 33.6 Å². The molecular formula is C26H27N5O5. The highest BCUT2D eigenvalue weighted by molar-refractivity contribution is 5.86. The molecule has 5 rings (SSSR count). The first-order chi connectivity index (χ1) is 17.2. The number of hydrogen-bond acceptors (Lipinski definition) is 7. The molecule has 0 saturated carbocycles. The number of para-hydroxylation sites is 1. The van der Waals surface area contributed by atoms with E-state index in [0.29, 0.717) is 29.2 Å². The Bertz CT molecular complexity index is 1440. The van der Waals surface area contributed by atoms with Crippen molar-refractivity contribution in [2.75, 3.05) is 6.54 Å². The summed E-state index contributed by atoms with van der Waals surface area (Å²) < 4.78 is 13.6. The van der Waals surface area contributed by atoms with E-state index in [0.717, 1.165) is 11.0 Å². The summed E-state index contributed by atoms with van der Waals surface area (Å²) in [4.78, 5) is 30.7. The third-order valence-corrected chi connectivity index (χ3v) is 5.99. The Hall–Kier alpha value is -4.21. The maximum absolute atomic E-state index is 12.6. The fraction of sp³-hybridized carbons (Fsp3) is 0.346. The van der Waals surface area contributed by atoms with Crippen LogP contribution in [0, 0.1) is 0 Å². The Labute approximate surface area is 207 Å². The number of rotatable bonds is 4. The first kappa shape index (κ1) is 23.5. The van der Waals surface area contributed by atoms with Crippen LogP contribution in [-0.4, -0.2) is 65.9 Å². The molecule has 10 heteroatoms. The summed E-state index contributed by atoms with van der Waals surface area (Å²) in [5.74, 6) is 0.0631. The van der Waals surface area contributed by atoms with Crippen molar-refractivity contribution in [2.45, 2.75) is 51.4 Å². The van der Waals surface area contributed by atoms with Gasteiger partial charge in [0, 0.05) is 31.0 Å². The quantitative estimate of drug-likeness (QED) is 0.454. The summed E-state index contributed by atoms with van der Waals surface area (Å²) >= 11 is 0. The number of carbonyl (C=O) groups excluding carboxylic acids is 1. The molecule has 2 atom stereocenters. The van der Waals surface area contributed by atoms with Crippen molar-refractivity contribution in [3.05, 3.63) is 54.7 Å². The van der Waals surface area contributed by atoms with Crippen LogP contribution >= 0.6 is 0 Å². The highest BCUT2D eigenvalue weighted by Gasteiger charge is 2.39. The number of likely N-dealkylation sites (tertiary alicyclic amines) is 1. The highest BCUT2D eigenvalue weighted by Crippen LogP contribution is 2.31. The summed E-state index contributed by atoms with van der Waals surface area (Å²) in [6.45, 7) is 5.47. The molecule has 0 spiro atoms. The Morgan fingerprint density at radius 1 is 1.06 bits per heavy atom. The van der Waals surface area contributed by atoms with E-state index in [1.807, 2.05) is 59.1 Å². The maximum Gasteiger partial charge on any atom is 0.411 e. The maximum atomic E-state index is 12.6. The average Bonchev–Trinajstić information content (AvgIpc) is 3.27. The third kappa shape index (κ3) is 4.66. The van der Waals surface area contributed by atoms with E-state index >= 15 is 0 Å². The van der Waals surface area contributed by atoms with Gasteiger partial charge >= 0.3 is 12.1 Å². The number of amides is 1. The van der Waals surface area contributed by atoms with Gasteiger partial charge in [-0.25, -0.2) is 14.6 Å². The molecule has 186 valence electrons. The van der Waals surface area contributed by atoms with Gasteiger partial charge in [-0.3, -0.25) is 9.30 Å². The molecule has 10 nitrogen and oxygen atoms in total. The second-order valence-electron chi connectivity index (χ2n) is 9.77. The molecule has 0 bridgehead atoms. The number of piperidine rings is 1. The standard InChI is InChI=1S/C26H27N5O5/c1-26(2,3)36-25(34)30-14-12-17(15-19(30)24(32)33)35-20-8-6-7-16-10-11-18(27-22(16)20)23-29-28-21-9-4-5-13-31(21)23/h4-11,13,17,19H,12,14-15H2,1-3H3,(H,32,33)/t17?,19-/m0/s1. The third-order valence-electron chi connectivity index (χ3n) is 5.99. The number of carboxylic acid groups (broad SMARTS) is 1. The van der Waals surface area contributed by atoms with Crippen molar-refractivity contribution in [3.63, 3.8) is 0 Å². The Morgan fingerprint density at radius 2 is 1.89 bits per heavy atom. The average molecular weight is 490 g/mol. The summed E-state index contributed by atoms with van der Waals surface area (Å²) in [6.07, 6.45) is 1.44. The highest BCUT2D eigenvalue weighted by atomic mass is 16.6. The topological polar surface area (TPSA) is 119 Å². The van der Waals surface area contributed by atoms with Crippen molar-refractivity contribution in [3.8, 4) is 17.3 Å². The smallest absolute Gasteiger partial charge is 0.411 e. The minimum atomic E-state index is -1.09. The lowest BCUT2D eigenvalue weighted by molar-refractivity contribution is -0.145. The molecule has 4 aromatic rings. The summed E-state index contributed by atoms with van der Waals surface area (Å²) in [5, 5.41) is 19.2. The van der Waals surface area contributed by atoms with Crippen LogP contribution in [-0.2, 0) is 9.53 Å².